The maximum atomic E-state index is 6.24. The average molecular weight is 396 g/mol. The van der Waals surface area contributed by atoms with Crippen molar-refractivity contribution in [3.8, 4) is 5.88 Å². The number of para-hydroxylation sites is 1. The number of rotatable bonds is 5. The Bertz CT molecular complexity index is 914. The fourth-order valence-electron chi connectivity index (χ4n) is 4.04. The highest BCUT2D eigenvalue weighted by molar-refractivity contribution is 7.22. The van der Waals surface area contributed by atoms with E-state index in [0.717, 1.165) is 61.0 Å². The van der Waals surface area contributed by atoms with Crippen molar-refractivity contribution in [2.24, 2.45) is 0 Å². The van der Waals surface area contributed by atoms with E-state index in [1.165, 1.54) is 4.70 Å². The maximum Gasteiger partial charge on any atom is 0.236 e. The highest BCUT2D eigenvalue weighted by Crippen LogP contribution is 2.35. The van der Waals surface area contributed by atoms with Crippen LogP contribution in [0.2, 0.25) is 0 Å². The molecule has 3 heterocycles. The summed E-state index contributed by atoms with van der Waals surface area (Å²) in [6.45, 7) is 2.22. The number of ether oxygens (including phenoxy) is 1. The first kappa shape index (κ1) is 17.8. The quantitative estimate of drug-likeness (QED) is 0.707. The molecule has 6 nitrogen and oxygen atoms in total. The van der Waals surface area contributed by atoms with E-state index >= 15 is 0 Å². The first-order valence-electron chi connectivity index (χ1n) is 10.0. The van der Waals surface area contributed by atoms with Gasteiger partial charge in [-0.1, -0.05) is 23.5 Å². The Labute approximate surface area is 169 Å². The Morgan fingerprint density at radius 1 is 1.11 bits per heavy atom. The minimum atomic E-state index is 0.202. The van der Waals surface area contributed by atoms with Crippen LogP contribution in [0.15, 0.2) is 36.7 Å². The number of benzene rings is 1. The molecule has 3 aromatic rings. The highest BCUT2D eigenvalue weighted by Gasteiger charge is 2.33. The van der Waals surface area contributed by atoms with E-state index in [1.807, 2.05) is 6.07 Å². The zero-order chi connectivity index (χ0) is 18.9. The van der Waals surface area contributed by atoms with Crippen LogP contribution in [-0.2, 0) is 0 Å². The Morgan fingerprint density at radius 3 is 2.71 bits per heavy atom. The van der Waals surface area contributed by atoms with E-state index < -0.39 is 0 Å². The summed E-state index contributed by atoms with van der Waals surface area (Å²) in [4.78, 5) is 16.2. The van der Waals surface area contributed by atoms with Crippen LogP contribution in [0.1, 0.15) is 37.3 Å². The number of hydrogen-bond acceptors (Lipinski definition) is 7. The van der Waals surface area contributed by atoms with Gasteiger partial charge in [-0.25, -0.2) is 9.97 Å². The molecule has 28 heavy (non-hydrogen) atoms. The highest BCUT2D eigenvalue weighted by atomic mass is 32.1. The number of piperidine rings is 1. The Morgan fingerprint density at radius 2 is 1.89 bits per heavy atom. The Kier molecular flexibility index (Phi) is 4.86. The molecule has 146 valence electrons. The first-order chi connectivity index (χ1) is 13.7. The van der Waals surface area contributed by atoms with Gasteiger partial charge in [0.1, 0.15) is 11.8 Å². The third-order valence-electron chi connectivity index (χ3n) is 5.79. The molecule has 2 fully saturated rings. The summed E-state index contributed by atoms with van der Waals surface area (Å²) < 4.78 is 7.47. The van der Waals surface area contributed by atoms with Gasteiger partial charge in [0.05, 0.1) is 10.2 Å². The molecule has 0 unspecified atom stereocenters. The van der Waals surface area contributed by atoms with Crippen LogP contribution in [-0.4, -0.2) is 52.1 Å². The van der Waals surface area contributed by atoms with Crippen molar-refractivity contribution in [2.75, 3.05) is 25.5 Å². The van der Waals surface area contributed by atoms with Crippen molar-refractivity contribution in [1.82, 2.24) is 19.9 Å². The number of nitrogens with zero attached hydrogens (tertiary/aromatic N) is 4. The molecule has 2 aromatic heterocycles. The summed E-state index contributed by atoms with van der Waals surface area (Å²) in [5, 5.41) is 4.55. The minimum absolute atomic E-state index is 0.202. The fraction of sp³-hybridized carbons (Fsp3) is 0.476. The number of thiazole rings is 1. The van der Waals surface area contributed by atoms with Gasteiger partial charge in [-0.3, -0.25) is 4.98 Å². The number of aromatic nitrogens is 3. The summed E-state index contributed by atoms with van der Waals surface area (Å²) in [6.07, 6.45) is 7.92. The summed E-state index contributed by atoms with van der Waals surface area (Å²) in [5.74, 6) is 1.19. The molecule has 0 bridgehead atoms. The second-order valence-electron chi connectivity index (χ2n) is 7.86. The largest absolute Gasteiger partial charge is 0.473 e. The van der Waals surface area contributed by atoms with Gasteiger partial charge in [-0.15, -0.1) is 0 Å². The molecule has 1 saturated heterocycles. The summed E-state index contributed by atoms with van der Waals surface area (Å²) in [5.41, 5.74) is 2.10. The van der Waals surface area contributed by atoms with Crippen molar-refractivity contribution in [2.45, 2.75) is 43.7 Å². The number of likely N-dealkylation sites (tertiary alicyclic amines) is 1. The van der Waals surface area contributed by atoms with Crippen LogP contribution in [0.5, 0.6) is 5.88 Å². The molecule has 5 rings (SSSR count). The molecule has 1 aromatic carbocycles. The average Bonchev–Trinajstić information content (AvgIpc) is 3.10. The fourth-order valence-corrected chi connectivity index (χ4v) is 4.98. The van der Waals surface area contributed by atoms with E-state index in [1.54, 1.807) is 23.7 Å². The van der Waals surface area contributed by atoms with Crippen LogP contribution >= 0.6 is 11.3 Å². The molecule has 0 spiro atoms. The monoisotopic (exact) mass is 395 g/mol. The molecular weight excluding hydrogens is 370 g/mol. The summed E-state index contributed by atoms with van der Waals surface area (Å²) >= 11 is 1.71. The molecular formula is C21H25N5OS. The second kappa shape index (κ2) is 7.64. The van der Waals surface area contributed by atoms with E-state index in [9.17, 15) is 0 Å². The Hall–Kier alpha value is -2.25. The van der Waals surface area contributed by atoms with Gasteiger partial charge in [0.15, 0.2) is 5.13 Å². The van der Waals surface area contributed by atoms with E-state index in [0.29, 0.717) is 12.0 Å². The van der Waals surface area contributed by atoms with E-state index in [4.69, 9.17) is 4.74 Å². The maximum absolute atomic E-state index is 6.24. The van der Waals surface area contributed by atoms with Crippen LogP contribution in [0.3, 0.4) is 0 Å². The van der Waals surface area contributed by atoms with Gasteiger partial charge in [0.2, 0.25) is 5.88 Å². The van der Waals surface area contributed by atoms with Gasteiger partial charge < -0.3 is 15.0 Å². The zero-order valence-corrected chi connectivity index (χ0v) is 16.9. The third-order valence-corrected chi connectivity index (χ3v) is 6.76. The lowest BCUT2D eigenvalue weighted by Crippen LogP contribution is -2.43. The smallest absolute Gasteiger partial charge is 0.236 e. The van der Waals surface area contributed by atoms with Crippen molar-refractivity contribution in [3.05, 3.63) is 42.4 Å². The standard InChI is InChI=1S/C21H25N5OS/c1-26-10-6-14(7-11-26)19-20(23-9-8-22-19)27-16-12-15(13-16)24-21-25-17-4-2-3-5-18(17)28-21/h2-5,8-9,14-16H,6-7,10-13H2,1H3,(H,24,25)/t15-,16+. The molecule has 1 aliphatic heterocycles. The van der Waals surface area contributed by atoms with Gasteiger partial charge in [0.25, 0.3) is 0 Å². The minimum Gasteiger partial charge on any atom is -0.473 e. The lowest BCUT2D eigenvalue weighted by atomic mass is 9.89. The molecule has 1 saturated carbocycles. The van der Waals surface area contributed by atoms with E-state index in [2.05, 4.69) is 50.4 Å². The van der Waals surface area contributed by atoms with Gasteiger partial charge in [-0.2, -0.15) is 0 Å². The predicted molar refractivity (Wildman–Crippen MR) is 112 cm³/mol. The molecule has 1 N–H and O–H groups in total. The lowest BCUT2D eigenvalue weighted by Gasteiger charge is -2.36. The zero-order valence-electron chi connectivity index (χ0n) is 16.0. The number of nitrogens with one attached hydrogen (secondary N) is 1. The number of fused-ring (bicyclic) bond motifs is 1. The van der Waals surface area contributed by atoms with Gasteiger partial charge >= 0.3 is 0 Å². The molecule has 0 amide bonds. The van der Waals surface area contributed by atoms with Crippen molar-refractivity contribution in [1.29, 1.82) is 0 Å². The van der Waals surface area contributed by atoms with Gasteiger partial charge in [0, 0.05) is 37.2 Å². The summed E-state index contributed by atoms with van der Waals surface area (Å²) in [7, 11) is 2.18. The Balaban J connectivity index is 1.18. The number of anilines is 1. The molecule has 0 radical (unpaired) electrons. The van der Waals surface area contributed by atoms with E-state index in [-0.39, 0.29) is 6.10 Å². The summed E-state index contributed by atoms with van der Waals surface area (Å²) in [6, 6.07) is 8.67. The SMILES string of the molecule is CN1CCC(c2nccnc2O[C@H]2C[C@@H](Nc3nc4ccccc4s3)C2)CC1. The number of hydrogen-bond donors (Lipinski definition) is 1. The molecule has 0 atom stereocenters. The van der Waals surface area contributed by atoms with Crippen LogP contribution in [0.4, 0.5) is 5.13 Å². The lowest BCUT2D eigenvalue weighted by molar-refractivity contribution is 0.0992. The predicted octanol–water partition coefficient (Wildman–Crippen LogP) is 3.92. The third kappa shape index (κ3) is 3.69. The van der Waals surface area contributed by atoms with Crippen molar-refractivity contribution >= 4 is 26.7 Å². The molecule has 2 aliphatic rings. The van der Waals surface area contributed by atoms with Crippen molar-refractivity contribution < 1.29 is 4.74 Å². The molecule has 1 aliphatic carbocycles. The van der Waals surface area contributed by atoms with Crippen LogP contribution in [0, 0.1) is 0 Å². The van der Waals surface area contributed by atoms with Crippen molar-refractivity contribution in [3.63, 3.8) is 0 Å². The first-order valence-corrected chi connectivity index (χ1v) is 10.8. The van der Waals surface area contributed by atoms with Gasteiger partial charge in [-0.05, 0) is 45.1 Å². The molecule has 7 heteroatoms. The van der Waals surface area contributed by atoms with Crippen LogP contribution in [0.25, 0.3) is 10.2 Å². The van der Waals surface area contributed by atoms with Crippen LogP contribution < -0.4 is 10.1 Å². The normalized spacial score (nSPS) is 23.5. The topological polar surface area (TPSA) is 63.2 Å². The second-order valence-corrected chi connectivity index (χ2v) is 8.89.